The van der Waals surface area contributed by atoms with E-state index >= 15 is 0 Å². The Hall–Kier alpha value is -2.77. The second kappa shape index (κ2) is 6.15. The van der Waals surface area contributed by atoms with Crippen molar-refractivity contribution >= 4 is 5.69 Å². The molecular weight excluding hydrogens is 294 g/mol. The topological polar surface area (TPSA) is 85.8 Å². The lowest BCUT2D eigenvalue weighted by Crippen LogP contribution is -2.29. The predicted molar refractivity (Wildman–Crippen MR) is 82.7 cm³/mol. The summed E-state index contributed by atoms with van der Waals surface area (Å²) in [5, 5.41) is 15.0. The summed E-state index contributed by atoms with van der Waals surface area (Å²) in [6, 6.07) is 8.32. The first-order chi connectivity index (χ1) is 11.4. The van der Waals surface area contributed by atoms with Crippen molar-refractivity contribution in [3.63, 3.8) is 0 Å². The highest BCUT2D eigenvalue weighted by molar-refractivity contribution is 5.60. The molecule has 1 saturated heterocycles. The number of benzene rings is 1. The van der Waals surface area contributed by atoms with Crippen LogP contribution >= 0.6 is 0 Å². The third-order valence-corrected chi connectivity index (χ3v) is 4.00. The first kappa shape index (κ1) is 13.9. The zero-order chi connectivity index (χ0) is 15.5. The zero-order valence-corrected chi connectivity index (χ0v) is 12.7. The average Bonchev–Trinajstić information content (AvgIpc) is 3.28. The van der Waals surface area contributed by atoms with Gasteiger partial charge in [0, 0.05) is 24.3 Å². The molecule has 1 aromatic carbocycles. The molecule has 0 saturated carbocycles. The molecule has 0 amide bonds. The van der Waals surface area contributed by atoms with Crippen LogP contribution in [0.15, 0.2) is 35.1 Å². The molecule has 23 heavy (non-hydrogen) atoms. The number of nitrogens with zero attached hydrogens (tertiary/aromatic N) is 7. The van der Waals surface area contributed by atoms with Crippen LogP contribution in [0.5, 0.6) is 0 Å². The van der Waals surface area contributed by atoms with Gasteiger partial charge in [0.2, 0.25) is 11.7 Å². The fraction of sp³-hybridized carbons (Fsp3) is 0.400. The van der Waals surface area contributed by atoms with Crippen molar-refractivity contribution in [3.05, 3.63) is 36.5 Å². The number of anilines is 1. The van der Waals surface area contributed by atoms with Crippen molar-refractivity contribution in [2.24, 2.45) is 0 Å². The predicted octanol–water partition coefficient (Wildman–Crippen LogP) is 1.76. The molecule has 3 heterocycles. The van der Waals surface area contributed by atoms with Gasteiger partial charge in [0.05, 0.1) is 0 Å². The van der Waals surface area contributed by atoms with Gasteiger partial charge >= 0.3 is 0 Å². The zero-order valence-electron chi connectivity index (χ0n) is 12.7. The number of piperidine rings is 1. The van der Waals surface area contributed by atoms with Gasteiger partial charge in [-0.3, -0.25) is 0 Å². The average molecular weight is 311 g/mol. The van der Waals surface area contributed by atoms with E-state index in [1.807, 2.05) is 12.1 Å². The molecule has 0 spiro atoms. The molecule has 0 N–H and O–H groups in total. The van der Waals surface area contributed by atoms with Crippen molar-refractivity contribution in [2.75, 3.05) is 18.0 Å². The van der Waals surface area contributed by atoms with Gasteiger partial charge in [-0.15, -0.1) is 5.10 Å². The fourth-order valence-electron chi connectivity index (χ4n) is 2.80. The second-order valence-electron chi connectivity index (χ2n) is 5.61. The Kier molecular flexibility index (Phi) is 3.71. The Bertz CT molecular complexity index is 744. The van der Waals surface area contributed by atoms with Crippen molar-refractivity contribution in [2.45, 2.75) is 25.8 Å². The van der Waals surface area contributed by atoms with Crippen LogP contribution in [0, 0.1) is 0 Å². The van der Waals surface area contributed by atoms with Crippen LogP contribution in [0.25, 0.3) is 11.4 Å². The standard InChI is InChI=1S/C15H17N7O/c1-2-8-21(9-3-1)13-6-4-12(5-7-13)15-17-14(23-18-15)10-22-11-16-19-20-22/h4-7,11H,1-3,8-10H2. The van der Waals surface area contributed by atoms with Crippen molar-refractivity contribution < 1.29 is 4.52 Å². The van der Waals surface area contributed by atoms with E-state index < -0.39 is 0 Å². The second-order valence-corrected chi connectivity index (χ2v) is 5.61. The Labute approximate surface area is 133 Å². The van der Waals surface area contributed by atoms with E-state index in [-0.39, 0.29) is 0 Å². The van der Waals surface area contributed by atoms with Crippen LogP contribution in [0.2, 0.25) is 0 Å². The summed E-state index contributed by atoms with van der Waals surface area (Å²) >= 11 is 0. The van der Waals surface area contributed by atoms with Crippen LogP contribution in [0.3, 0.4) is 0 Å². The van der Waals surface area contributed by atoms with Crippen LogP contribution in [0.4, 0.5) is 5.69 Å². The lowest BCUT2D eigenvalue weighted by Gasteiger charge is -2.28. The van der Waals surface area contributed by atoms with Gasteiger partial charge in [0.25, 0.3) is 0 Å². The van der Waals surface area contributed by atoms with E-state index in [1.54, 1.807) is 0 Å². The van der Waals surface area contributed by atoms with Crippen LogP contribution in [0.1, 0.15) is 25.2 Å². The van der Waals surface area contributed by atoms with Gasteiger partial charge in [-0.05, 0) is 54.0 Å². The Morgan fingerprint density at radius 2 is 1.87 bits per heavy atom. The number of aromatic nitrogens is 6. The third-order valence-electron chi connectivity index (χ3n) is 4.00. The van der Waals surface area contributed by atoms with Gasteiger partial charge < -0.3 is 9.42 Å². The quantitative estimate of drug-likeness (QED) is 0.725. The summed E-state index contributed by atoms with van der Waals surface area (Å²) in [6.07, 6.45) is 5.39. The van der Waals surface area contributed by atoms with Crippen LogP contribution in [-0.2, 0) is 6.54 Å². The van der Waals surface area contributed by atoms with Gasteiger partial charge in [0.1, 0.15) is 12.9 Å². The molecule has 4 rings (SSSR count). The Morgan fingerprint density at radius 3 is 2.61 bits per heavy atom. The summed E-state index contributed by atoms with van der Waals surface area (Å²) < 4.78 is 6.79. The number of tetrazole rings is 1. The largest absolute Gasteiger partial charge is 0.372 e. The van der Waals surface area contributed by atoms with Crippen molar-refractivity contribution in [1.82, 2.24) is 30.3 Å². The smallest absolute Gasteiger partial charge is 0.248 e. The monoisotopic (exact) mass is 311 g/mol. The van der Waals surface area contributed by atoms with Crippen LogP contribution in [-0.4, -0.2) is 43.4 Å². The lowest BCUT2D eigenvalue weighted by atomic mass is 10.1. The molecule has 118 valence electrons. The Morgan fingerprint density at radius 1 is 1.04 bits per heavy atom. The minimum absolute atomic E-state index is 0.367. The fourth-order valence-corrected chi connectivity index (χ4v) is 2.80. The molecule has 0 unspecified atom stereocenters. The van der Waals surface area contributed by atoms with Crippen molar-refractivity contribution in [1.29, 1.82) is 0 Å². The maximum atomic E-state index is 5.25. The first-order valence-corrected chi connectivity index (χ1v) is 7.77. The summed E-state index contributed by atoms with van der Waals surface area (Å²) in [4.78, 5) is 6.81. The molecule has 0 atom stereocenters. The molecule has 0 radical (unpaired) electrons. The first-order valence-electron chi connectivity index (χ1n) is 7.77. The normalized spacial score (nSPS) is 15.0. The highest BCUT2D eigenvalue weighted by Gasteiger charge is 2.13. The van der Waals surface area contributed by atoms with Gasteiger partial charge in [-0.2, -0.15) is 4.98 Å². The molecule has 1 fully saturated rings. The minimum atomic E-state index is 0.367. The number of hydrogen-bond acceptors (Lipinski definition) is 7. The van der Waals surface area contributed by atoms with E-state index in [9.17, 15) is 0 Å². The third kappa shape index (κ3) is 3.05. The molecule has 2 aromatic heterocycles. The molecule has 3 aromatic rings. The Balaban J connectivity index is 1.48. The van der Waals surface area contributed by atoms with E-state index in [1.165, 1.54) is 36.0 Å². The minimum Gasteiger partial charge on any atom is -0.372 e. The molecule has 0 bridgehead atoms. The molecular formula is C15H17N7O. The molecule has 1 aliphatic rings. The van der Waals surface area contributed by atoms with Gasteiger partial charge in [-0.25, -0.2) is 4.68 Å². The van der Waals surface area contributed by atoms with Gasteiger partial charge in [0.15, 0.2) is 0 Å². The maximum absolute atomic E-state index is 5.25. The molecule has 8 nitrogen and oxygen atoms in total. The highest BCUT2D eigenvalue weighted by Crippen LogP contribution is 2.23. The molecule has 8 heteroatoms. The summed E-state index contributed by atoms with van der Waals surface area (Å²) in [5.74, 6) is 1.06. The van der Waals surface area contributed by atoms with E-state index in [0.717, 1.165) is 18.7 Å². The summed E-state index contributed by atoms with van der Waals surface area (Å²) in [7, 11) is 0. The molecule has 1 aliphatic heterocycles. The summed E-state index contributed by atoms with van der Waals surface area (Å²) in [6.45, 7) is 2.64. The number of rotatable bonds is 4. The maximum Gasteiger partial charge on any atom is 0.248 e. The molecule has 0 aliphatic carbocycles. The number of hydrogen-bond donors (Lipinski definition) is 0. The van der Waals surface area contributed by atoms with Crippen LogP contribution < -0.4 is 4.90 Å². The lowest BCUT2D eigenvalue weighted by molar-refractivity contribution is 0.364. The van der Waals surface area contributed by atoms with E-state index in [0.29, 0.717) is 18.3 Å². The van der Waals surface area contributed by atoms with E-state index in [4.69, 9.17) is 4.52 Å². The van der Waals surface area contributed by atoms with E-state index in [2.05, 4.69) is 42.7 Å². The van der Waals surface area contributed by atoms with Gasteiger partial charge in [-0.1, -0.05) is 5.16 Å². The SMILES string of the molecule is c1cc(N2CCCCC2)ccc1-c1noc(Cn2cnnn2)n1. The van der Waals surface area contributed by atoms with Crippen molar-refractivity contribution in [3.8, 4) is 11.4 Å². The highest BCUT2D eigenvalue weighted by atomic mass is 16.5. The summed E-state index contributed by atoms with van der Waals surface area (Å²) in [5.41, 5.74) is 2.20.